The molecule has 1 fully saturated rings. The average Bonchev–Trinajstić information content (AvgIpc) is 3.23. The van der Waals surface area contributed by atoms with Gasteiger partial charge in [-0.25, -0.2) is 13.2 Å². The van der Waals surface area contributed by atoms with Crippen LogP contribution in [-0.2, 0) is 19.4 Å². The number of benzene rings is 1. The summed E-state index contributed by atoms with van der Waals surface area (Å²) in [5.74, 6) is -1.04. The van der Waals surface area contributed by atoms with Crippen LogP contribution in [0.5, 0.6) is 0 Å². The third-order valence-corrected chi connectivity index (χ3v) is 6.70. The molecule has 0 aliphatic carbocycles. The number of rotatable bonds is 6. The molecule has 1 N–H and O–H groups in total. The van der Waals surface area contributed by atoms with Gasteiger partial charge in [-0.3, -0.25) is 9.89 Å². The number of ether oxygens (including phenoxy) is 1. The fraction of sp³-hybridized carbons (Fsp3) is 0.500. The smallest absolute Gasteiger partial charge is 0.359 e. The first kappa shape index (κ1) is 19.3. The van der Waals surface area contributed by atoms with Crippen molar-refractivity contribution in [2.45, 2.75) is 38.8 Å². The summed E-state index contributed by atoms with van der Waals surface area (Å²) in [6.45, 7) is 3.35. The Balaban J connectivity index is 1.69. The van der Waals surface area contributed by atoms with Gasteiger partial charge in [0, 0.05) is 17.5 Å². The number of para-hydroxylation sites is 1. The largest absolute Gasteiger partial charge is 0.451 e. The number of nitrogens with zero attached hydrogens (tertiary/aromatic N) is 2. The van der Waals surface area contributed by atoms with E-state index in [-0.39, 0.29) is 35.2 Å². The van der Waals surface area contributed by atoms with Gasteiger partial charge in [-0.15, -0.1) is 0 Å². The standard InChI is InChI=1S/C18H23N3O5S/c1-3-12(2)21(13-8-9-27(24,25)11-13)16(22)10-26-18(23)17-14-6-4-5-7-15(14)19-20-17/h4-7,12-13H,3,8-11H2,1-2H3,(H,19,20)/t12-,13-/m1/s1. The van der Waals surface area contributed by atoms with Crippen molar-refractivity contribution in [3.8, 4) is 0 Å². The van der Waals surface area contributed by atoms with E-state index in [0.717, 1.165) is 0 Å². The van der Waals surface area contributed by atoms with Crippen molar-refractivity contribution >= 4 is 32.6 Å². The molecule has 146 valence electrons. The molecule has 8 nitrogen and oxygen atoms in total. The van der Waals surface area contributed by atoms with Crippen LogP contribution in [0.15, 0.2) is 24.3 Å². The molecule has 0 unspecified atom stereocenters. The summed E-state index contributed by atoms with van der Waals surface area (Å²) in [4.78, 5) is 26.6. The van der Waals surface area contributed by atoms with Crippen molar-refractivity contribution < 1.29 is 22.7 Å². The van der Waals surface area contributed by atoms with Crippen molar-refractivity contribution in [3.05, 3.63) is 30.0 Å². The van der Waals surface area contributed by atoms with E-state index in [4.69, 9.17) is 4.74 Å². The van der Waals surface area contributed by atoms with Gasteiger partial charge >= 0.3 is 5.97 Å². The molecule has 0 bridgehead atoms. The van der Waals surface area contributed by atoms with Crippen LogP contribution in [-0.4, -0.2) is 65.6 Å². The Labute approximate surface area is 157 Å². The van der Waals surface area contributed by atoms with Crippen molar-refractivity contribution in [3.63, 3.8) is 0 Å². The molecule has 2 atom stereocenters. The number of fused-ring (bicyclic) bond motifs is 1. The lowest BCUT2D eigenvalue weighted by Gasteiger charge is -2.33. The van der Waals surface area contributed by atoms with E-state index in [1.807, 2.05) is 19.9 Å². The summed E-state index contributed by atoms with van der Waals surface area (Å²) in [6, 6.07) is 6.62. The first-order valence-electron chi connectivity index (χ1n) is 8.94. The minimum Gasteiger partial charge on any atom is -0.451 e. The highest BCUT2D eigenvalue weighted by atomic mass is 32.2. The summed E-state index contributed by atoms with van der Waals surface area (Å²) in [6.07, 6.45) is 1.09. The van der Waals surface area contributed by atoms with E-state index in [2.05, 4.69) is 10.2 Å². The maximum atomic E-state index is 12.7. The molecular formula is C18H23N3O5S. The molecule has 0 spiro atoms. The first-order valence-corrected chi connectivity index (χ1v) is 10.8. The highest BCUT2D eigenvalue weighted by Gasteiger charge is 2.36. The van der Waals surface area contributed by atoms with E-state index in [0.29, 0.717) is 23.7 Å². The third-order valence-electron chi connectivity index (χ3n) is 4.95. The second-order valence-electron chi connectivity index (χ2n) is 6.81. The lowest BCUT2D eigenvalue weighted by molar-refractivity contribution is -0.138. The number of sulfone groups is 1. The Hall–Kier alpha value is -2.42. The van der Waals surface area contributed by atoms with Crippen LogP contribution < -0.4 is 0 Å². The zero-order chi connectivity index (χ0) is 19.6. The van der Waals surface area contributed by atoms with E-state index < -0.39 is 22.4 Å². The summed E-state index contributed by atoms with van der Waals surface area (Å²) in [5.41, 5.74) is 0.824. The number of aromatic nitrogens is 2. The molecule has 1 aromatic carbocycles. The molecule has 0 radical (unpaired) electrons. The lowest BCUT2D eigenvalue weighted by atomic mass is 10.1. The Morgan fingerprint density at radius 3 is 2.78 bits per heavy atom. The van der Waals surface area contributed by atoms with E-state index in [1.54, 1.807) is 23.1 Å². The first-order chi connectivity index (χ1) is 12.8. The fourth-order valence-corrected chi connectivity index (χ4v) is 5.10. The van der Waals surface area contributed by atoms with Crippen molar-refractivity contribution in [2.75, 3.05) is 18.1 Å². The Kier molecular flexibility index (Phi) is 5.50. The number of hydrogen-bond donors (Lipinski definition) is 1. The molecule has 0 saturated carbocycles. The quantitative estimate of drug-likeness (QED) is 0.746. The maximum absolute atomic E-state index is 12.7. The number of esters is 1. The van der Waals surface area contributed by atoms with Crippen LogP contribution in [0.25, 0.3) is 10.9 Å². The van der Waals surface area contributed by atoms with E-state index in [1.165, 1.54) is 0 Å². The fourth-order valence-electron chi connectivity index (χ4n) is 3.39. The summed E-state index contributed by atoms with van der Waals surface area (Å²) in [7, 11) is -3.12. The minimum absolute atomic E-state index is 0.0406. The molecule has 27 heavy (non-hydrogen) atoms. The van der Waals surface area contributed by atoms with Gasteiger partial charge in [-0.05, 0) is 25.8 Å². The van der Waals surface area contributed by atoms with Crippen LogP contribution in [0.4, 0.5) is 0 Å². The highest BCUT2D eigenvalue weighted by molar-refractivity contribution is 7.91. The monoisotopic (exact) mass is 393 g/mol. The van der Waals surface area contributed by atoms with Crippen LogP contribution in [0.1, 0.15) is 37.2 Å². The van der Waals surface area contributed by atoms with Gasteiger partial charge in [0.2, 0.25) is 0 Å². The molecule has 1 aromatic heterocycles. The Morgan fingerprint density at radius 2 is 2.11 bits per heavy atom. The summed E-state index contributed by atoms with van der Waals surface area (Å²) < 4.78 is 28.8. The van der Waals surface area contributed by atoms with Gasteiger partial charge in [0.05, 0.1) is 17.0 Å². The van der Waals surface area contributed by atoms with Gasteiger partial charge in [0.25, 0.3) is 5.91 Å². The van der Waals surface area contributed by atoms with E-state index >= 15 is 0 Å². The van der Waals surface area contributed by atoms with Gasteiger partial charge < -0.3 is 9.64 Å². The number of amides is 1. The lowest BCUT2D eigenvalue weighted by Crippen LogP contribution is -2.48. The molecule has 1 aliphatic heterocycles. The van der Waals surface area contributed by atoms with Crippen molar-refractivity contribution in [1.82, 2.24) is 15.1 Å². The van der Waals surface area contributed by atoms with Crippen LogP contribution in [0.2, 0.25) is 0 Å². The maximum Gasteiger partial charge on any atom is 0.359 e. The van der Waals surface area contributed by atoms with Crippen LogP contribution in [0.3, 0.4) is 0 Å². The predicted octanol–water partition coefficient (Wildman–Crippen LogP) is 1.53. The molecule has 3 rings (SSSR count). The molecule has 1 amide bonds. The normalized spacial score (nSPS) is 19.7. The van der Waals surface area contributed by atoms with Crippen molar-refractivity contribution in [2.24, 2.45) is 0 Å². The average molecular weight is 393 g/mol. The molecule has 2 aromatic rings. The van der Waals surface area contributed by atoms with Gasteiger partial charge in [-0.2, -0.15) is 5.10 Å². The second kappa shape index (κ2) is 7.67. The summed E-state index contributed by atoms with van der Waals surface area (Å²) in [5, 5.41) is 7.33. The van der Waals surface area contributed by atoms with E-state index in [9.17, 15) is 18.0 Å². The van der Waals surface area contributed by atoms with Gasteiger partial charge in [0.1, 0.15) is 0 Å². The molecule has 1 saturated heterocycles. The van der Waals surface area contributed by atoms with Crippen LogP contribution in [0, 0.1) is 0 Å². The number of H-pyrrole nitrogens is 1. The zero-order valence-corrected chi connectivity index (χ0v) is 16.2. The zero-order valence-electron chi connectivity index (χ0n) is 15.3. The Morgan fingerprint density at radius 1 is 1.37 bits per heavy atom. The molecular weight excluding hydrogens is 370 g/mol. The van der Waals surface area contributed by atoms with Crippen molar-refractivity contribution in [1.29, 1.82) is 0 Å². The SMILES string of the molecule is CC[C@@H](C)N(C(=O)COC(=O)c1n[nH]c2ccccc12)[C@@H]1CCS(=O)(=O)C1. The molecule has 2 heterocycles. The van der Waals surface area contributed by atoms with Crippen LogP contribution >= 0.6 is 0 Å². The predicted molar refractivity (Wildman–Crippen MR) is 100 cm³/mol. The minimum atomic E-state index is -3.12. The number of carbonyl (C=O) groups is 2. The topological polar surface area (TPSA) is 109 Å². The van der Waals surface area contributed by atoms with Gasteiger partial charge in [-0.1, -0.05) is 25.1 Å². The highest BCUT2D eigenvalue weighted by Crippen LogP contribution is 2.22. The molecule has 9 heteroatoms. The number of aromatic amines is 1. The Bertz CT molecular complexity index is 953. The second-order valence-corrected chi connectivity index (χ2v) is 9.04. The number of carbonyl (C=O) groups excluding carboxylic acids is 2. The number of hydrogen-bond acceptors (Lipinski definition) is 6. The third kappa shape index (κ3) is 4.13. The number of nitrogens with one attached hydrogen (secondary N) is 1. The summed E-state index contributed by atoms with van der Waals surface area (Å²) >= 11 is 0. The molecule has 1 aliphatic rings. The van der Waals surface area contributed by atoms with Gasteiger partial charge in [0.15, 0.2) is 22.1 Å².